The first-order valence-electron chi connectivity index (χ1n) is 8.46. The van der Waals surface area contributed by atoms with Crippen LogP contribution in [0.1, 0.15) is 26.7 Å². The lowest BCUT2D eigenvalue weighted by molar-refractivity contribution is -0.384. The summed E-state index contributed by atoms with van der Waals surface area (Å²) in [6.07, 6.45) is 1.83. The first-order valence-corrected chi connectivity index (χ1v) is 8.46. The van der Waals surface area contributed by atoms with Gasteiger partial charge in [0.25, 0.3) is 11.6 Å². The van der Waals surface area contributed by atoms with E-state index in [9.17, 15) is 14.9 Å². The molecule has 1 atom stereocenters. The minimum Gasteiger partial charge on any atom is -0.478 e. The summed E-state index contributed by atoms with van der Waals surface area (Å²) in [6, 6.07) is 4.45. The molecular formula is C17H23N3O4. The first kappa shape index (κ1) is 16.7. The second-order valence-corrected chi connectivity index (χ2v) is 6.73. The average Bonchev–Trinajstić information content (AvgIpc) is 3.06. The number of hydrogen-bond donors (Lipinski definition) is 0. The third-order valence-corrected chi connectivity index (χ3v) is 4.65. The molecule has 1 amide bonds. The van der Waals surface area contributed by atoms with Crippen molar-refractivity contribution in [2.24, 2.45) is 5.92 Å². The Hall–Kier alpha value is -2.15. The molecule has 0 aliphatic carbocycles. The van der Waals surface area contributed by atoms with Crippen LogP contribution in [0.2, 0.25) is 0 Å². The number of carbonyl (C=O) groups is 1. The summed E-state index contributed by atoms with van der Waals surface area (Å²) < 4.78 is 5.82. The number of non-ortho nitro benzene ring substituents is 1. The van der Waals surface area contributed by atoms with Crippen LogP contribution in [0, 0.1) is 16.0 Å². The molecule has 1 aromatic rings. The van der Waals surface area contributed by atoms with Crippen molar-refractivity contribution in [2.45, 2.75) is 32.8 Å². The maximum atomic E-state index is 12.8. The second-order valence-electron chi connectivity index (χ2n) is 6.73. The van der Waals surface area contributed by atoms with Gasteiger partial charge in [-0.25, -0.2) is 0 Å². The molecule has 3 rings (SSSR count). The van der Waals surface area contributed by atoms with Gasteiger partial charge in [-0.15, -0.1) is 0 Å². The third kappa shape index (κ3) is 3.21. The molecule has 2 aliphatic rings. The van der Waals surface area contributed by atoms with E-state index in [0.29, 0.717) is 18.0 Å². The highest BCUT2D eigenvalue weighted by Gasteiger charge is 2.37. The van der Waals surface area contributed by atoms with Crippen LogP contribution >= 0.6 is 0 Å². The van der Waals surface area contributed by atoms with Gasteiger partial charge < -0.3 is 14.5 Å². The van der Waals surface area contributed by atoms with Crippen LogP contribution in [-0.4, -0.2) is 48.0 Å². The molecule has 0 saturated carbocycles. The number of anilines is 1. The molecule has 0 N–H and O–H groups in total. The number of amides is 1. The second kappa shape index (κ2) is 6.76. The third-order valence-electron chi connectivity index (χ3n) is 4.65. The highest BCUT2D eigenvalue weighted by molar-refractivity contribution is 6.00. The fraction of sp³-hybridized carbons (Fsp3) is 0.588. The Kier molecular flexibility index (Phi) is 4.71. The fourth-order valence-corrected chi connectivity index (χ4v) is 3.29. The van der Waals surface area contributed by atoms with Gasteiger partial charge in [0.1, 0.15) is 5.75 Å². The van der Waals surface area contributed by atoms with Gasteiger partial charge in [0.2, 0.25) is 0 Å². The predicted octanol–water partition coefficient (Wildman–Crippen LogP) is 2.44. The van der Waals surface area contributed by atoms with Gasteiger partial charge in [0, 0.05) is 25.2 Å². The molecule has 0 aromatic heterocycles. The predicted molar refractivity (Wildman–Crippen MR) is 90.4 cm³/mol. The molecule has 1 unspecified atom stereocenters. The van der Waals surface area contributed by atoms with Gasteiger partial charge in [0.05, 0.1) is 10.6 Å². The Balaban J connectivity index is 1.89. The van der Waals surface area contributed by atoms with Gasteiger partial charge in [-0.05, 0) is 37.9 Å². The van der Waals surface area contributed by atoms with Crippen molar-refractivity contribution >= 4 is 17.3 Å². The molecular weight excluding hydrogens is 310 g/mol. The summed E-state index contributed by atoms with van der Waals surface area (Å²) in [5.41, 5.74) is 0.476. The Morgan fingerprint density at radius 1 is 1.29 bits per heavy atom. The largest absolute Gasteiger partial charge is 0.478 e. The van der Waals surface area contributed by atoms with Crippen molar-refractivity contribution < 1.29 is 14.5 Å². The molecule has 7 nitrogen and oxygen atoms in total. The van der Waals surface area contributed by atoms with Crippen LogP contribution in [0.25, 0.3) is 0 Å². The number of carbonyl (C=O) groups excluding carboxylic acids is 1. The van der Waals surface area contributed by atoms with Gasteiger partial charge in [-0.2, -0.15) is 0 Å². The van der Waals surface area contributed by atoms with Crippen molar-refractivity contribution in [1.82, 2.24) is 4.90 Å². The van der Waals surface area contributed by atoms with E-state index in [1.54, 1.807) is 11.0 Å². The summed E-state index contributed by atoms with van der Waals surface area (Å²) in [5.74, 6) is 0.465. The highest BCUT2D eigenvalue weighted by Crippen LogP contribution is 2.38. The lowest BCUT2D eigenvalue weighted by Crippen LogP contribution is -2.50. The van der Waals surface area contributed by atoms with Gasteiger partial charge >= 0.3 is 0 Å². The smallest absolute Gasteiger partial charge is 0.271 e. The van der Waals surface area contributed by atoms with Crippen LogP contribution in [0.4, 0.5) is 11.4 Å². The normalized spacial score (nSPS) is 21.0. The molecule has 1 fully saturated rings. The van der Waals surface area contributed by atoms with Crippen molar-refractivity contribution in [1.29, 1.82) is 0 Å². The number of rotatable bonds is 5. The van der Waals surface area contributed by atoms with E-state index in [1.807, 2.05) is 13.8 Å². The summed E-state index contributed by atoms with van der Waals surface area (Å²) in [7, 11) is 0. The van der Waals surface area contributed by atoms with Crippen molar-refractivity contribution in [3.8, 4) is 5.75 Å². The number of hydrogen-bond acceptors (Lipinski definition) is 5. The standard InChI is InChI=1S/C17H23N3O4/c1-12(2)16-17(21)19(10-9-18-7-3-4-8-18)14-11-13(20(22)23)5-6-15(14)24-16/h5-6,11-12,16H,3-4,7-10H2,1-2H3. The Labute approximate surface area is 141 Å². The quantitative estimate of drug-likeness (QED) is 0.611. The average molecular weight is 333 g/mol. The zero-order valence-electron chi connectivity index (χ0n) is 14.1. The Morgan fingerprint density at radius 2 is 2.00 bits per heavy atom. The molecule has 24 heavy (non-hydrogen) atoms. The number of benzene rings is 1. The van der Waals surface area contributed by atoms with Crippen LogP contribution in [0.3, 0.4) is 0 Å². The van der Waals surface area contributed by atoms with E-state index in [4.69, 9.17) is 4.74 Å². The topological polar surface area (TPSA) is 75.9 Å². The monoisotopic (exact) mass is 333 g/mol. The molecule has 130 valence electrons. The van der Waals surface area contributed by atoms with E-state index < -0.39 is 11.0 Å². The summed E-state index contributed by atoms with van der Waals surface area (Å²) in [5, 5.41) is 11.1. The number of ether oxygens (including phenoxy) is 1. The molecule has 1 aromatic carbocycles. The van der Waals surface area contributed by atoms with E-state index in [1.165, 1.54) is 25.0 Å². The maximum Gasteiger partial charge on any atom is 0.271 e. The first-order chi connectivity index (χ1) is 11.5. The van der Waals surface area contributed by atoms with Crippen molar-refractivity contribution in [3.63, 3.8) is 0 Å². The minimum atomic E-state index is -0.544. The molecule has 0 radical (unpaired) electrons. The van der Waals surface area contributed by atoms with E-state index in [0.717, 1.165) is 19.6 Å². The van der Waals surface area contributed by atoms with Crippen molar-refractivity contribution in [2.75, 3.05) is 31.1 Å². The van der Waals surface area contributed by atoms with E-state index >= 15 is 0 Å². The molecule has 1 saturated heterocycles. The number of fused-ring (bicyclic) bond motifs is 1. The van der Waals surface area contributed by atoms with Crippen molar-refractivity contribution in [3.05, 3.63) is 28.3 Å². The zero-order chi connectivity index (χ0) is 17.3. The van der Waals surface area contributed by atoms with Crippen LogP contribution in [-0.2, 0) is 4.79 Å². The Bertz CT molecular complexity index is 641. The molecule has 2 aliphatic heterocycles. The summed E-state index contributed by atoms with van der Waals surface area (Å²) in [6.45, 7) is 7.29. The summed E-state index contributed by atoms with van der Waals surface area (Å²) >= 11 is 0. The molecule has 0 spiro atoms. The van der Waals surface area contributed by atoms with Crippen LogP contribution in [0.15, 0.2) is 18.2 Å². The number of nitro benzene ring substituents is 1. The van der Waals surface area contributed by atoms with Gasteiger partial charge in [-0.3, -0.25) is 14.9 Å². The van der Waals surface area contributed by atoms with Gasteiger partial charge in [0.15, 0.2) is 6.10 Å². The van der Waals surface area contributed by atoms with E-state index in [2.05, 4.69) is 4.90 Å². The number of nitrogens with zero attached hydrogens (tertiary/aromatic N) is 3. The number of nitro groups is 1. The Morgan fingerprint density at radius 3 is 2.62 bits per heavy atom. The minimum absolute atomic E-state index is 0.0284. The summed E-state index contributed by atoms with van der Waals surface area (Å²) in [4.78, 5) is 27.4. The SMILES string of the molecule is CC(C)C1Oc2ccc([N+](=O)[O-])cc2N(CCN2CCCC2)C1=O. The fourth-order valence-electron chi connectivity index (χ4n) is 3.29. The molecule has 0 bridgehead atoms. The van der Waals surface area contributed by atoms with Crippen LogP contribution in [0.5, 0.6) is 5.75 Å². The highest BCUT2D eigenvalue weighted by atomic mass is 16.6. The zero-order valence-corrected chi connectivity index (χ0v) is 14.1. The lowest BCUT2D eigenvalue weighted by Gasteiger charge is -2.36. The van der Waals surface area contributed by atoms with Gasteiger partial charge in [-0.1, -0.05) is 13.8 Å². The molecule has 7 heteroatoms. The molecule has 2 heterocycles. The van der Waals surface area contributed by atoms with E-state index in [-0.39, 0.29) is 17.5 Å². The maximum absolute atomic E-state index is 12.8. The van der Waals surface area contributed by atoms with Crippen LogP contribution < -0.4 is 9.64 Å². The number of likely N-dealkylation sites (tertiary alicyclic amines) is 1. The lowest BCUT2D eigenvalue weighted by atomic mass is 10.0.